The fourth-order valence-corrected chi connectivity index (χ4v) is 4.97. The molecule has 1 N–H and O–H groups in total. The van der Waals surface area contributed by atoms with Crippen LogP contribution in [0.3, 0.4) is 0 Å². The van der Waals surface area contributed by atoms with Crippen molar-refractivity contribution in [1.82, 2.24) is 14.6 Å². The van der Waals surface area contributed by atoms with Crippen LogP contribution in [0.2, 0.25) is 0 Å². The average Bonchev–Trinajstić information content (AvgIpc) is 3.37. The molecule has 0 radical (unpaired) electrons. The zero-order chi connectivity index (χ0) is 23.1. The van der Waals surface area contributed by atoms with E-state index in [1.54, 1.807) is 18.5 Å². The van der Waals surface area contributed by atoms with Gasteiger partial charge in [-0.3, -0.25) is 15.2 Å². The van der Waals surface area contributed by atoms with Crippen LogP contribution in [0, 0.1) is 19.3 Å². The summed E-state index contributed by atoms with van der Waals surface area (Å²) in [5.41, 5.74) is 6.38. The molecule has 2 aromatic heterocycles. The fourth-order valence-electron chi connectivity index (χ4n) is 4.09. The number of thioether (sulfide) groups is 1. The van der Waals surface area contributed by atoms with Crippen molar-refractivity contribution in [2.24, 2.45) is 10.1 Å². The number of aromatic nitrogens is 2. The van der Waals surface area contributed by atoms with Crippen LogP contribution >= 0.6 is 11.8 Å². The van der Waals surface area contributed by atoms with Gasteiger partial charge in [-0.25, -0.2) is 0 Å². The van der Waals surface area contributed by atoms with Crippen molar-refractivity contribution in [3.05, 3.63) is 88.5 Å². The summed E-state index contributed by atoms with van der Waals surface area (Å²) in [5.74, 6) is -0.407. The number of carbonyl (C=O) groups is 1. The predicted molar refractivity (Wildman–Crippen MR) is 133 cm³/mol. The Hall–Kier alpha value is -3.78. The molecule has 0 saturated heterocycles. The molecule has 8 heteroatoms. The highest BCUT2D eigenvalue weighted by Crippen LogP contribution is 2.32. The van der Waals surface area contributed by atoms with E-state index in [0.717, 1.165) is 34.6 Å². The summed E-state index contributed by atoms with van der Waals surface area (Å²) in [6, 6.07) is 14.1. The number of hydrogen-bond acceptors (Lipinski definition) is 5. The average molecular weight is 455 g/mol. The first-order chi connectivity index (χ1) is 16.0. The number of carbonyl (C=O) groups excluding carboxylic acids is 1. The van der Waals surface area contributed by atoms with Gasteiger partial charge in [0.05, 0.1) is 5.57 Å². The summed E-state index contributed by atoms with van der Waals surface area (Å²) in [4.78, 5) is 21.2. The number of benzene rings is 1. The number of amides is 1. The molecule has 0 bridgehead atoms. The van der Waals surface area contributed by atoms with Gasteiger partial charge in [-0.1, -0.05) is 25.1 Å². The standard InChI is InChI=1S/C25H22N6OS/c1-4-17-8-5-6-10-21(17)30-15(2)12-19(16(30)3)13-20-22(26)31-25(28-23(20)32)33-24(29-31)18-9-7-11-27-14-18/h5-14,26H,4H2,1-3H3. The van der Waals surface area contributed by atoms with Crippen molar-refractivity contribution < 1.29 is 4.79 Å². The summed E-state index contributed by atoms with van der Waals surface area (Å²) in [6.07, 6.45) is 6.07. The minimum absolute atomic E-state index is 0.0233. The maximum Gasteiger partial charge on any atom is 0.283 e. The number of hydrazone groups is 1. The molecule has 33 heavy (non-hydrogen) atoms. The second-order valence-corrected chi connectivity index (χ2v) is 8.77. The zero-order valence-electron chi connectivity index (χ0n) is 18.5. The van der Waals surface area contributed by atoms with Crippen LogP contribution in [-0.4, -0.2) is 36.5 Å². The maximum atomic E-state index is 12.9. The summed E-state index contributed by atoms with van der Waals surface area (Å²) in [6.45, 7) is 6.22. The lowest BCUT2D eigenvalue weighted by Crippen LogP contribution is -2.35. The molecule has 5 rings (SSSR count). The van der Waals surface area contributed by atoms with Gasteiger partial charge in [-0.2, -0.15) is 15.1 Å². The lowest BCUT2D eigenvalue weighted by Gasteiger charge is -2.20. The topological polar surface area (TPSA) is 86.7 Å². The van der Waals surface area contributed by atoms with Gasteiger partial charge in [0.25, 0.3) is 5.91 Å². The summed E-state index contributed by atoms with van der Waals surface area (Å²) in [7, 11) is 0. The van der Waals surface area contributed by atoms with E-state index in [1.807, 2.05) is 44.2 Å². The molecule has 3 aromatic rings. The smallest absolute Gasteiger partial charge is 0.283 e. The van der Waals surface area contributed by atoms with Crippen LogP contribution in [0.25, 0.3) is 11.8 Å². The number of pyridine rings is 1. The maximum absolute atomic E-state index is 12.9. The van der Waals surface area contributed by atoms with Crippen LogP contribution in [0.4, 0.5) is 0 Å². The van der Waals surface area contributed by atoms with Crippen LogP contribution in [0.1, 0.15) is 35.0 Å². The van der Waals surface area contributed by atoms with Gasteiger partial charge in [0.2, 0.25) is 5.17 Å². The molecule has 0 unspecified atom stereocenters. The Bertz CT molecular complexity index is 1380. The number of rotatable bonds is 4. The third-order valence-electron chi connectivity index (χ3n) is 5.75. The number of hydrogen-bond donors (Lipinski definition) is 1. The predicted octanol–water partition coefficient (Wildman–Crippen LogP) is 4.72. The summed E-state index contributed by atoms with van der Waals surface area (Å²) < 4.78 is 2.20. The van der Waals surface area contributed by atoms with Crippen molar-refractivity contribution in [3.8, 4) is 5.69 Å². The number of nitrogens with one attached hydrogen (secondary N) is 1. The third-order valence-corrected chi connectivity index (χ3v) is 6.70. The molecule has 2 aliphatic heterocycles. The number of aliphatic imine (C=N–C) groups is 1. The van der Waals surface area contributed by atoms with E-state index in [1.165, 1.54) is 22.3 Å². The Morgan fingerprint density at radius 2 is 1.97 bits per heavy atom. The van der Waals surface area contributed by atoms with Gasteiger partial charge >= 0.3 is 0 Å². The highest BCUT2D eigenvalue weighted by molar-refractivity contribution is 8.27. The van der Waals surface area contributed by atoms with Crippen molar-refractivity contribution in [2.45, 2.75) is 27.2 Å². The summed E-state index contributed by atoms with van der Waals surface area (Å²) >= 11 is 1.27. The largest absolute Gasteiger partial charge is 0.318 e. The highest BCUT2D eigenvalue weighted by atomic mass is 32.2. The van der Waals surface area contributed by atoms with Gasteiger partial charge in [0, 0.05) is 35.0 Å². The van der Waals surface area contributed by atoms with Crippen LogP contribution in [-0.2, 0) is 11.2 Å². The number of amidine groups is 2. The van der Waals surface area contributed by atoms with Crippen LogP contribution in [0.15, 0.2) is 70.5 Å². The van der Waals surface area contributed by atoms with E-state index < -0.39 is 5.91 Å². The normalized spacial score (nSPS) is 16.8. The van der Waals surface area contributed by atoms with Crippen molar-refractivity contribution in [1.29, 1.82) is 5.41 Å². The van der Waals surface area contributed by atoms with Crippen molar-refractivity contribution in [3.63, 3.8) is 0 Å². The first kappa shape index (κ1) is 21.1. The van der Waals surface area contributed by atoms with E-state index in [-0.39, 0.29) is 11.4 Å². The Morgan fingerprint density at radius 3 is 2.73 bits per heavy atom. The third kappa shape index (κ3) is 3.62. The molecule has 164 valence electrons. The Balaban J connectivity index is 1.53. The van der Waals surface area contributed by atoms with Gasteiger partial charge < -0.3 is 4.57 Å². The lowest BCUT2D eigenvalue weighted by molar-refractivity contribution is -0.114. The Kier molecular flexibility index (Phi) is 5.30. The van der Waals surface area contributed by atoms with Gasteiger partial charge in [0.15, 0.2) is 5.84 Å². The first-order valence-electron chi connectivity index (χ1n) is 10.7. The highest BCUT2D eigenvalue weighted by Gasteiger charge is 2.36. The number of para-hydroxylation sites is 1. The first-order valence-corrected chi connectivity index (χ1v) is 11.5. The van der Waals surface area contributed by atoms with E-state index in [9.17, 15) is 4.79 Å². The zero-order valence-corrected chi connectivity index (χ0v) is 19.3. The van der Waals surface area contributed by atoms with E-state index in [2.05, 4.69) is 38.7 Å². The molecule has 0 atom stereocenters. The molecule has 2 aliphatic rings. The van der Waals surface area contributed by atoms with E-state index in [0.29, 0.717) is 10.2 Å². The second-order valence-electron chi connectivity index (χ2n) is 7.81. The fraction of sp³-hybridized carbons (Fsp3) is 0.160. The number of nitrogens with zero attached hydrogens (tertiary/aromatic N) is 5. The van der Waals surface area contributed by atoms with Gasteiger partial charge in [-0.15, -0.1) is 0 Å². The molecule has 1 amide bonds. The Labute approximate surface area is 196 Å². The number of fused-ring (bicyclic) bond motifs is 1. The quantitative estimate of drug-likeness (QED) is 0.578. The minimum atomic E-state index is -0.430. The van der Waals surface area contributed by atoms with Gasteiger partial charge in [0.1, 0.15) is 5.04 Å². The van der Waals surface area contributed by atoms with Crippen LogP contribution < -0.4 is 0 Å². The molecule has 1 aromatic carbocycles. The Morgan fingerprint density at radius 1 is 1.15 bits per heavy atom. The van der Waals surface area contributed by atoms with Crippen molar-refractivity contribution in [2.75, 3.05) is 0 Å². The summed E-state index contributed by atoms with van der Waals surface area (Å²) in [5, 5.41) is 15.7. The molecule has 7 nitrogen and oxygen atoms in total. The van der Waals surface area contributed by atoms with Crippen LogP contribution in [0.5, 0.6) is 0 Å². The number of aryl methyl sites for hydroxylation is 2. The van der Waals surface area contributed by atoms with E-state index >= 15 is 0 Å². The molecular weight excluding hydrogens is 432 g/mol. The van der Waals surface area contributed by atoms with Gasteiger partial charge in [-0.05, 0) is 73.5 Å². The molecule has 0 aliphatic carbocycles. The van der Waals surface area contributed by atoms with E-state index in [4.69, 9.17) is 5.41 Å². The second kappa shape index (κ2) is 8.29. The molecule has 0 spiro atoms. The SMILES string of the molecule is CCc1ccccc1-n1c(C)cc(C=C2C(=N)N3N=C(c4cccnc4)SC3=NC2=O)c1C. The molecule has 4 heterocycles. The minimum Gasteiger partial charge on any atom is -0.318 e. The molecular formula is C25H22N6OS. The monoisotopic (exact) mass is 454 g/mol. The molecule has 0 saturated carbocycles. The molecule has 0 fully saturated rings. The lowest BCUT2D eigenvalue weighted by atomic mass is 10.1. The van der Waals surface area contributed by atoms with Crippen molar-refractivity contribution >= 4 is 39.8 Å².